The highest BCUT2D eigenvalue weighted by Crippen LogP contribution is 2.91. The SMILES string of the molecule is C=CC1[C@]23C[C@@H]2C3C[C@]2(C)N[C@@]12C1OC1N(C=O)NC(=O)c1ccc(C(F)(F)F)cc1. The number of benzene rings is 1. The highest BCUT2D eigenvalue weighted by atomic mass is 19.4. The van der Waals surface area contributed by atoms with Gasteiger partial charge in [-0.25, -0.2) is 5.01 Å². The summed E-state index contributed by atoms with van der Waals surface area (Å²) in [4.78, 5) is 24.2. The molecule has 5 aliphatic rings. The lowest BCUT2D eigenvalue weighted by Gasteiger charge is -2.35. The number of amides is 2. The predicted octanol–water partition coefficient (Wildman–Crippen LogP) is 2.48. The van der Waals surface area contributed by atoms with Crippen LogP contribution >= 0.6 is 0 Å². The molecule has 9 heteroatoms. The van der Waals surface area contributed by atoms with E-state index in [0.29, 0.717) is 11.8 Å². The van der Waals surface area contributed by atoms with Crippen molar-refractivity contribution in [2.75, 3.05) is 0 Å². The van der Waals surface area contributed by atoms with Crippen molar-refractivity contribution < 1.29 is 27.5 Å². The Hall–Kier alpha value is -2.39. The highest BCUT2D eigenvalue weighted by molar-refractivity contribution is 5.94. The number of carbonyl (C=O) groups excluding carboxylic acids is 2. The minimum Gasteiger partial charge on any atom is -0.344 e. The number of fused-ring (bicyclic) bond motifs is 2. The summed E-state index contributed by atoms with van der Waals surface area (Å²) in [6.07, 6.45) is -0.604. The van der Waals surface area contributed by atoms with Gasteiger partial charge in [0.15, 0.2) is 6.23 Å². The van der Waals surface area contributed by atoms with Crippen LogP contribution in [0.5, 0.6) is 0 Å². The molecule has 164 valence electrons. The lowest BCUT2D eigenvalue weighted by atomic mass is 9.66. The number of nitrogens with one attached hydrogen (secondary N) is 2. The van der Waals surface area contributed by atoms with Crippen molar-refractivity contribution in [1.82, 2.24) is 15.8 Å². The second-order valence-corrected chi connectivity index (χ2v) is 9.75. The third-order valence-corrected chi connectivity index (χ3v) is 8.45. The number of rotatable bonds is 6. The number of hydrogen-bond donors (Lipinski definition) is 2. The van der Waals surface area contributed by atoms with Crippen LogP contribution in [-0.2, 0) is 15.7 Å². The van der Waals surface area contributed by atoms with Crippen LogP contribution in [0.15, 0.2) is 36.9 Å². The zero-order valence-corrected chi connectivity index (χ0v) is 16.8. The molecule has 3 aliphatic carbocycles. The molecule has 6 rings (SSSR count). The van der Waals surface area contributed by atoms with Crippen LogP contribution in [0.25, 0.3) is 0 Å². The molecule has 1 aromatic rings. The topological polar surface area (TPSA) is 83.9 Å². The van der Waals surface area contributed by atoms with Gasteiger partial charge in [0, 0.05) is 17.0 Å². The van der Waals surface area contributed by atoms with Crippen LogP contribution in [0.3, 0.4) is 0 Å². The molecule has 6 nitrogen and oxygen atoms in total. The molecule has 5 fully saturated rings. The third kappa shape index (κ3) is 2.31. The minimum absolute atomic E-state index is 0.0202. The van der Waals surface area contributed by atoms with E-state index in [1.807, 2.05) is 6.08 Å². The molecular weight excluding hydrogens is 411 g/mol. The van der Waals surface area contributed by atoms with Gasteiger partial charge in [0.2, 0.25) is 6.41 Å². The van der Waals surface area contributed by atoms with Crippen LogP contribution in [-0.4, -0.2) is 40.7 Å². The molecule has 1 spiro atoms. The van der Waals surface area contributed by atoms with Crippen LogP contribution in [0, 0.1) is 23.2 Å². The lowest BCUT2D eigenvalue weighted by Crippen LogP contribution is -2.49. The first-order chi connectivity index (χ1) is 14.6. The van der Waals surface area contributed by atoms with Gasteiger partial charge in [0.1, 0.15) is 6.10 Å². The first kappa shape index (κ1) is 19.3. The Morgan fingerprint density at radius 1 is 1.29 bits per heavy atom. The van der Waals surface area contributed by atoms with Gasteiger partial charge in [0.05, 0.1) is 11.1 Å². The molecule has 0 radical (unpaired) electrons. The summed E-state index contributed by atoms with van der Waals surface area (Å²) in [5.41, 5.74) is 1.58. The molecule has 2 heterocycles. The Balaban J connectivity index is 1.17. The Morgan fingerprint density at radius 2 is 1.97 bits per heavy atom. The van der Waals surface area contributed by atoms with E-state index in [1.165, 1.54) is 6.42 Å². The van der Waals surface area contributed by atoms with Gasteiger partial charge in [0.25, 0.3) is 5.91 Å². The Labute approximate surface area is 176 Å². The number of halogens is 3. The average molecular weight is 433 g/mol. The molecule has 2 N–H and O–H groups in total. The number of nitrogens with zero attached hydrogens (tertiary/aromatic N) is 1. The fourth-order valence-electron chi connectivity index (χ4n) is 6.69. The summed E-state index contributed by atoms with van der Waals surface area (Å²) in [5.74, 6) is 1.09. The fourth-order valence-corrected chi connectivity index (χ4v) is 6.69. The zero-order chi connectivity index (χ0) is 22.0. The maximum absolute atomic E-state index is 12.7. The third-order valence-electron chi connectivity index (χ3n) is 8.45. The van der Waals surface area contributed by atoms with E-state index in [1.54, 1.807) is 0 Å². The van der Waals surface area contributed by atoms with E-state index < -0.39 is 23.9 Å². The van der Waals surface area contributed by atoms with Gasteiger partial charge >= 0.3 is 6.18 Å². The van der Waals surface area contributed by atoms with Gasteiger partial charge in [-0.1, -0.05) is 6.08 Å². The number of hydrogen-bond acceptors (Lipinski definition) is 4. The van der Waals surface area contributed by atoms with Crippen molar-refractivity contribution in [2.24, 2.45) is 23.2 Å². The smallest absolute Gasteiger partial charge is 0.344 e. The highest BCUT2D eigenvalue weighted by Gasteiger charge is 2.94. The molecule has 0 aromatic heterocycles. The van der Waals surface area contributed by atoms with Gasteiger partial charge in [-0.05, 0) is 61.3 Å². The van der Waals surface area contributed by atoms with Gasteiger partial charge < -0.3 is 4.74 Å². The average Bonchev–Trinajstić information content (AvgIpc) is 3.56. The molecule has 0 bridgehead atoms. The first-order valence-electron chi connectivity index (χ1n) is 10.4. The number of carbonyl (C=O) groups is 2. The Morgan fingerprint density at radius 3 is 2.55 bits per heavy atom. The van der Waals surface area contributed by atoms with Gasteiger partial charge in [-0.3, -0.25) is 20.3 Å². The summed E-state index contributed by atoms with van der Waals surface area (Å²) < 4.78 is 44.1. The van der Waals surface area contributed by atoms with Crippen molar-refractivity contribution in [3.63, 3.8) is 0 Å². The molecule has 8 atom stereocenters. The van der Waals surface area contributed by atoms with Gasteiger partial charge in [-0.2, -0.15) is 13.2 Å². The number of epoxide rings is 1. The van der Waals surface area contributed by atoms with Crippen LogP contribution in [0.4, 0.5) is 13.2 Å². The molecule has 31 heavy (non-hydrogen) atoms. The first-order valence-corrected chi connectivity index (χ1v) is 10.4. The Bertz CT molecular complexity index is 1010. The quantitative estimate of drug-likeness (QED) is 0.313. The van der Waals surface area contributed by atoms with Gasteiger partial charge in [-0.15, -0.1) is 6.58 Å². The molecule has 3 saturated carbocycles. The number of ether oxygens (including phenoxy) is 1. The van der Waals surface area contributed by atoms with E-state index in [0.717, 1.165) is 47.5 Å². The fraction of sp³-hybridized carbons (Fsp3) is 0.545. The van der Waals surface area contributed by atoms with Crippen molar-refractivity contribution in [3.05, 3.63) is 48.0 Å². The van der Waals surface area contributed by atoms with Crippen molar-refractivity contribution in [1.29, 1.82) is 0 Å². The maximum Gasteiger partial charge on any atom is 0.416 e. The lowest BCUT2D eigenvalue weighted by molar-refractivity contribution is -0.137. The molecule has 2 saturated heterocycles. The second kappa shape index (κ2) is 5.50. The van der Waals surface area contributed by atoms with Crippen molar-refractivity contribution >= 4 is 12.3 Å². The summed E-state index contributed by atoms with van der Waals surface area (Å²) >= 11 is 0. The van der Waals surface area contributed by atoms with E-state index in [-0.39, 0.29) is 28.7 Å². The van der Waals surface area contributed by atoms with Crippen molar-refractivity contribution in [2.45, 2.75) is 49.4 Å². The van der Waals surface area contributed by atoms with Crippen LogP contribution in [0.2, 0.25) is 0 Å². The van der Waals surface area contributed by atoms with E-state index in [9.17, 15) is 22.8 Å². The summed E-state index contributed by atoms with van der Waals surface area (Å²) in [6, 6.07) is 3.84. The van der Waals surface area contributed by atoms with Crippen LogP contribution in [0.1, 0.15) is 35.7 Å². The Kier molecular flexibility index (Phi) is 3.43. The summed E-state index contributed by atoms with van der Waals surface area (Å²) in [7, 11) is 0. The molecule has 1 aromatic carbocycles. The monoisotopic (exact) mass is 433 g/mol. The molecule has 4 unspecified atom stereocenters. The molecule has 2 amide bonds. The number of alkyl halides is 3. The predicted molar refractivity (Wildman–Crippen MR) is 102 cm³/mol. The number of hydrazine groups is 1. The minimum atomic E-state index is -4.48. The zero-order valence-electron chi connectivity index (χ0n) is 16.8. The summed E-state index contributed by atoms with van der Waals surface area (Å²) in [6.45, 7) is 6.25. The molecule has 2 aliphatic heterocycles. The maximum atomic E-state index is 12.7. The van der Waals surface area contributed by atoms with E-state index in [4.69, 9.17) is 4.74 Å². The second-order valence-electron chi connectivity index (χ2n) is 9.75. The van der Waals surface area contributed by atoms with E-state index >= 15 is 0 Å². The summed E-state index contributed by atoms with van der Waals surface area (Å²) in [5, 5.41) is 4.72. The normalized spacial score (nSPS) is 45.4. The standard InChI is InChI=1S/C22H22F3N3O3/c1-3-15-20-9-14(20)13(20)8-19(2)21(15,27-19)16-18(31-16)28(10-29)26-17(30)11-4-6-12(7-5-11)22(23,24)25/h3-7,10,13-16,18,27H,1,8-9H2,2H3,(H,26,30)/t13?,14-,15?,16?,18?,19+,20+,21-/m1/s1. The molecular formula is C22H22F3N3O3. The van der Waals surface area contributed by atoms with E-state index in [2.05, 4.69) is 24.2 Å². The largest absolute Gasteiger partial charge is 0.416 e. The van der Waals surface area contributed by atoms with Crippen LogP contribution < -0.4 is 10.7 Å². The van der Waals surface area contributed by atoms with Crippen molar-refractivity contribution in [3.8, 4) is 0 Å².